The zero-order valence-corrected chi connectivity index (χ0v) is 17.3. The molecule has 0 unspecified atom stereocenters. The molecule has 2 aliphatic rings. The number of hydrogen-bond donors (Lipinski definition) is 1. The van der Waals surface area contributed by atoms with Crippen molar-refractivity contribution in [3.8, 4) is 0 Å². The minimum Gasteiger partial charge on any atom is -0.381 e. The largest absolute Gasteiger partial charge is 0.381 e. The maximum absolute atomic E-state index is 13.0. The summed E-state index contributed by atoms with van der Waals surface area (Å²) in [7, 11) is 1.82. The van der Waals surface area contributed by atoms with Crippen molar-refractivity contribution in [2.75, 3.05) is 53.0 Å². The Hall–Kier alpha value is -1.83. The topological polar surface area (TPSA) is 79.1 Å². The molecule has 0 bridgehead atoms. The zero-order valence-electron chi connectivity index (χ0n) is 16.5. The van der Waals surface area contributed by atoms with Gasteiger partial charge in [-0.05, 0) is 18.4 Å². The molecule has 156 valence electrons. The van der Waals surface area contributed by atoms with Gasteiger partial charge in [0.05, 0.1) is 5.41 Å². The number of carbonyl (C=O) groups is 2. The first kappa shape index (κ1) is 22.5. The highest BCUT2D eigenvalue weighted by molar-refractivity contribution is 5.85. The second-order valence-electron chi connectivity index (χ2n) is 7.50. The first-order chi connectivity index (χ1) is 13.1. The first-order valence-electron chi connectivity index (χ1n) is 9.67. The minimum atomic E-state index is -0.492. The van der Waals surface area contributed by atoms with Gasteiger partial charge in [0.15, 0.2) is 0 Å². The third-order valence-corrected chi connectivity index (χ3v) is 5.72. The standard InChI is InChI=1S/C20H30N4O3.ClH/c1-22(15-17-5-3-2-4-6-17)19(26)24-11-9-23(10-12-24)18(25)20(16-21)7-13-27-14-8-20;/h2-6H,7-16,21H2,1H3;1H. The highest BCUT2D eigenvalue weighted by Gasteiger charge is 2.42. The van der Waals surface area contributed by atoms with Crippen molar-refractivity contribution in [3.63, 3.8) is 0 Å². The Balaban J connectivity index is 0.00000280. The normalized spacial score (nSPS) is 18.9. The summed E-state index contributed by atoms with van der Waals surface area (Å²) in [5, 5.41) is 0. The number of urea groups is 1. The van der Waals surface area contributed by atoms with Gasteiger partial charge in [-0.1, -0.05) is 30.3 Å². The lowest BCUT2D eigenvalue weighted by Crippen LogP contribution is -2.58. The maximum Gasteiger partial charge on any atom is 0.320 e. The number of nitrogens with two attached hydrogens (primary N) is 1. The Morgan fingerprint density at radius 2 is 1.64 bits per heavy atom. The molecule has 2 saturated heterocycles. The second kappa shape index (κ2) is 10.1. The molecule has 0 radical (unpaired) electrons. The van der Waals surface area contributed by atoms with Crippen LogP contribution >= 0.6 is 12.4 Å². The van der Waals surface area contributed by atoms with E-state index in [0.29, 0.717) is 65.3 Å². The Kier molecular flexibility index (Phi) is 8.10. The second-order valence-corrected chi connectivity index (χ2v) is 7.50. The van der Waals surface area contributed by atoms with Crippen LogP contribution in [0.2, 0.25) is 0 Å². The predicted molar refractivity (Wildman–Crippen MR) is 110 cm³/mol. The van der Waals surface area contributed by atoms with Gasteiger partial charge >= 0.3 is 6.03 Å². The van der Waals surface area contributed by atoms with E-state index in [2.05, 4.69) is 0 Å². The molecule has 2 fully saturated rings. The molecule has 0 aliphatic carbocycles. The Morgan fingerprint density at radius 1 is 1.07 bits per heavy atom. The molecule has 0 spiro atoms. The number of nitrogens with zero attached hydrogens (tertiary/aromatic N) is 3. The van der Waals surface area contributed by atoms with Gasteiger partial charge in [0.1, 0.15) is 0 Å². The first-order valence-corrected chi connectivity index (χ1v) is 9.67. The number of benzene rings is 1. The van der Waals surface area contributed by atoms with E-state index in [0.717, 1.165) is 5.56 Å². The van der Waals surface area contributed by atoms with E-state index in [-0.39, 0.29) is 24.3 Å². The van der Waals surface area contributed by atoms with Crippen molar-refractivity contribution in [3.05, 3.63) is 35.9 Å². The maximum atomic E-state index is 13.0. The van der Waals surface area contributed by atoms with Crippen LogP contribution < -0.4 is 5.73 Å². The van der Waals surface area contributed by atoms with Crippen molar-refractivity contribution in [2.24, 2.45) is 11.1 Å². The van der Waals surface area contributed by atoms with E-state index < -0.39 is 5.41 Å². The summed E-state index contributed by atoms with van der Waals surface area (Å²) in [5.74, 6) is 0.123. The summed E-state index contributed by atoms with van der Waals surface area (Å²) in [5.41, 5.74) is 6.57. The fraction of sp³-hybridized carbons (Fsp3) is 0.600. The molecule has 0 atom stereocenters. The number of ether oxygens (including phenoxy) is 1. The van der Waals surface area contributed by atoms with Crippen molar-refractivity contribution < 1.29 is 14.3 Å². The smallest absolute Gasteiger partial charge is 0.320 e. The molecule has 2 heterocycles. The third-order valence-electron chi connectivity index (χ3n) is 5.72. The van der Waals surface area contributed by atoms with Gasteiger partial charge in [-0.2, -0.15) is 0 Å². The van der Waals surface area contributed by atoms with E-state index in [9.17, 15) is 9.59 Å². The van der Waals surface area contributed by atoms with Gasteiger partial charge in [0.2, 0.25) is 5.91 Å². The predicted octanol–water partition coefficient (Wildman–Crippen LogP) is 1.56. The number of carbonyl (C=O) groups excluding carboxylic acids is 2. The summed E-state index contributed by atoms with van der Waals surface area (Å²) in [6.45, 7) is 4.35. The van der Waals surface area contributed by atoms with Crippen LogP contribution in [0.5, 0.6) is 0 Å². The SMILES string of the molecule is CN(Cc1ccccc1)C(=O)N1CCN(C(=O)C2(CN)CCOCC2)CC1.Cl. The Bertz CT molecular complexity index is 644. The molecular weight excluding hydrogens is 380 g/mol. The van der Waals surface area contributed by atoms with E-state index >= 15 is 0 Å². The highest BCUT2D eigenvalue weighted by atomic mass is 35.5. The quantitative estimate of drug-likeness (QED) is 0.816. The lowest BCUT2D eigenvalue weighted by molar-refractivity contribution is -0.148. The number of rotatable bonds is 4. The number of piperazine rings is 1. The van der Waals surface area contributed by atoms with Crippen molar-refractivity contribution in [2.45, 2.75) is 19.4 Å². The summed E-state index contributed by atoms with van der Waals surface area (Å²) >= 11 is 0. The molecule has 28 heavy (non-hydrogen) atoms. The van der Waals surface area contributed by atoms with Gasteiger partial charge in [-0.15, -0.1) is 12.4 Å². The fourth-order valence-corrected chi connectivity index (χ4v) is 3.87. The molecule has 8 heteroatoms. The summed E-state index contributed by atoms with van der Waals surface area (Å²) in [6.07, 6.45) is 1.36. The molecule has 0 aromatic heterocycles. The minimum absolute atomic E-state index is 0. The molecule has 1 aromatic rings. The molecule has 2 N–H and O–H groups in total. The van der Waals surface area contributed by atoms with Crippen LogP contribution in [0.4, 0.5) is 4.79 Å². The third kappa shape index (κ3) is 4.96. The van der Waals surface area contributed by atoms with E-state index in [4.69, 9.17) is 10.5 Å². The Morgan fingerprint density at radius 3 is 2.21 bits per heavy atom. The van der Waals surface area contributed by atoms with E-state index in [1.165, 1.54) is 0 Å². The number of hydrogen-bond acceptors (Lipinski definition) is 4. The van der Waals surface area contributed by atoms with Crippen LogP contribution in [0.25, 0.3) is 0 Å². The van der Waals surface area contributed by atoms with E-state index in [1.807, 2.05) is 47.2 Å². The Labute approximate surface area is 173 Å². The highest BCUT2D eigenvalue weighted by Crippen LogP contribution is 2.32. The number of halogens is 1. The lowest BCUT2D eigenvalue weighted by Gasteiger charge is -2.42. The summed E-state index contributed by atoms with van der Waals surface area (Å²) in [4.78, 5) is 31.2. The fourth-order valence-electron chi connectivity index (χ4n) is 3.87. The molecule has 3 amide bonds. The lowest BCUT2D eigenvalue weighted by atomic mass is 9.78. The molecule has 3 rings (SSSR count). The average Bonchev–Trinajstić information content (AvgIpc) is 2.74. The van der Waals surface area contributed by atoms with Crippen LogP contribution in [-0.4, -0.2) is 79.6 Å². The molecule has 0 saturated carbocycles. The summed E-state index contributed by atoms with van der Waals surface area (Å²) in [6, 6.07) is 9.95. The zero-order chi connectivity index (χ0) is 19.3. The van der Waals surface area contributed by atoms with Crippen LogP contribution in [-0.2, 0) is 16.1 Å². The van der Waals surface area contributed by atoms with Crippen molar-refractivity contribution in [1.82, 2.24) is 14.7 Å². The van der Waals surface area contributed by atoms with Crippen molar-refractivity contribution >= 4 is 24.3 Å². The van der Waals surface area contributed by atoms with Crippen LogP contribution in [0.15, 0.2) is 30.3 Å². The van der Waals surface area contributed by atoms with Gasteiger partial charge in [-0.3, -0.25) is 4.79 Å². The van der Waals surface area contributed by atoms with Gasteiger partial charge in [0.25, 0.3) is 0 Å². The van der Waals surface area contributed by atoms with Gasteiger partial charge < -0.3 is 25.2 Å². The molecular formula is C20H31ClN4O3. The van der Waals surface area contributed by atoms with Gasteiger partial charge in [0, 0.05) is 59.5 Å². The summed E-state index contributed by atoms with van der Waals surface area (Å²) < 4.78 is 5.40. The monoisotopic (exact) mass is 410 g/mol. The van der Waals surface area contributed by atoms with Crippen molar-refractivity contribution in [1.29, 1.82) is 0 Å². The van der Waals surface area contributed by atoms with E-state index in [1.54, 1.807) is 4.90 Å². The van der Waals surface area contributed by atoms with Gasteiger partial charge in [-0.25, -0.2) is 4.79 Å². The van der Waals surface area contributed by atoms with Crippen LogP contribution in [0, 0.1) is 5.41 Å². The number of amides is 3. The van der Waals surface area contributed by atoms with Crippen LogP contribution in [0.1, 0.15) is 18.4 Å². The molecule has 1 aromatic carbocycles. The molecule has 7 nitrogen and oxygen atoms in total. The van der Waals surface area contributed by atoms with Crippen LogP contribution in [0.3, 0.4) is 0 Å². The molecule has 2 aliphatic heterocycles. The average molecular weight is 411 g/mol.